The molecule has 0 N–H and O–H groups in total. The number of hydrogen-bond acceptors (Lipinski definition) is 3. The SMILES string of the molecule is CCC1(OC(=O)c2cccc(OCc3ccc(C(CC(C)C)C(C)C)cc3)c2)CCCC1. The van der Waals surface area contributed by atoms with E-state index < -0.39 is 0 Å². The summed E-state index contributed by atoms with van der Waals surface area (Å²) in [5.41, 5.74) is 2.81. The molecule has 0 bridgehead atoms. The maximum absolute atomic E-state index is 12.7. The van der Waals surface area contributed by atoms with Gasteiger partial charge in [0.2, 0.25) is 0 Å². The summed E-state index contributed by atoms with van der Waals surface area (Å²) in [5, 5.41) is 0. The van der Waals surface area contributed by atoms with E-state index in [4.69, 9.17) is 9.47 Å². The molecule has 3 nitrogen and oxygen atoms in total. The Kier molecular flexibility index (Phi) is 8.39. The van der Waals surface area contributed by atoms with Gasteiger partial charge in [-0.25, -0.2) is 4.79 Å². The van der Waals surface area contributed by atoms with Gasteiger partial charge in [-0.05, 0) is 85.6 Å². The van der Waals surface area contributed by atoms with Crippen LogP contribution in [0.5, 0.6) is 5.75 Å². The molecular weight excluding hydrogens is 396 g/mol. The second kappa shape index (κ2) is 11.0. The van der Waals surface area contributed by atoms with E-state index in [1.54, 1.807) is 6.07 Å². The minimum absolute atomic E-state index is 0.242. The van der Waals surface area contributed by atoms with Crippen LogP contribution in [0, 0.1) is 11.8 Å². The number of ether oxygens (including phenoxy) is 2. The molecule has 1 saturated carbocycles. The van der Waals surface area contributed by atoms with Crippen LogP contribution in [0.15, 0.2) is 48.5 Å². The Labute approximate surface area is 194 Å². The van der Waals surface area contributed by atoms with Crippen molar-refractivity contribution < 1.29 is 14.3 Å². The van der Waals surface area contributed by atoms with Crippen LogP contribution < -0.4 is 4.74 Å². The monoisotopic (exact) mass is 436 g/mol. The topological polar surface area (TPSA) is 35.5 Å². The van der Waals surface area contributed by atoms with E-state index in [2.05, 4.69) is 58.9 Å². The second-order valence-corrected chi connectivity index (χ2v) is 10.2. The van der Waals surface area contributed by atoms with Gasteiger partial charge in [0.25, 0.3) is 0 Å². The summed E-state index contributed by atoms with van der Waals surface area (Å²) in [6, 6.07) is 16.2. The zero-order valence-corrected chi connectivity index (χ0v) is 20.5. The van der Waals surface area contributed by atoms with E-state index in [0.717, 1.165) is 37.7 Å². The first-order chi connectivity index (χ1) is 15.3. The molecule has 2 aromatic carbocycles. The minimum atomic E-state index is -0.279. The number of esters is 1. The van der Waals surface area contributed by atoms with E-state index in [-0.39, 0.29) is 11.6 Å². The molecule has 0 radical (unpaired) electrons. The van der Waals surface area contributed by atoms with Gasteiger partial charge in [0.1, 0.15) is 18.0 Å². The van der Waals surface area contributed by atoms with Crippen LogP contribution in [0.2, 0.25) is 0 Å². The van der Waals surface area contributed by atoms with Crippen molar-refractivity contribution in [3.63, 3.8) is 0 Å². The number of benzene rings is 2. The number of hydrogen-bond donors (Lipinski definition) is 0. The molecular formula is C29H40O3. The maximum atomic E-state index is 12.7. The lowest BCUT2D eigenvalue weighted by Gasteiger charge is -2.27. The fourth-order valence-electron chi connectivity index (χ4n) is 4.84. The zero-order valence-electron chi connectivity index (χ0n) is 20.5. The largest absolute Gasteiger partial charge is 0.489 e. The standard InChI is InChI=1S/C29H40O3/c1-6-29(16-7-8-17-29)32-28(30)25-10-9-11-26(19-25)31-20-23-12-14-24(15-13-23)27(22(4)5)18-21(2)3/h9-15,19,21-22,27H,6-8,16-18,20H2,1-5H3. The van der Waals surface area contributed by atoms with Crippen LogP contribution in [0.1, 0.15) is 101 Å². The first kappa shape index (κ1) is 24.4. The highest BCUT2D eigenvalue weighted by Gasteiger charge is 2.36. The Bertz CT molecular complexity index is 860. The molecule has 174 valence electrons. The van der Waals surface area contributed by atoms with Crippen LogP contribution >= 0.6 is 0 Å². The first-order valence-corrected chi connectivity index (χ1v) is 12.4. The van der Waals surface area contributed by atoms with Gasteiger partial charge in [0.15, 0.2) is 0 Å². The molecule has 0 aliphatic heterocycles. The van der Waals surface area contributed by atoms with Crippen molar-refractivity contribution in [2.24, 2.45) is 11.8 Å². The predicted molar refractivity (Wildman–Crippen MR) is 131 cm³/mol. The highest BCUT2D eigenvalue weighted by Crippen LogP contribution is 2.37. The van der Waals surface area contributed by atoms with Crippen molar-refractivity contribution in [1.29, 1.82) is 0 Å². The Morgan fingerprint density at radius 1 is 1.00 bits per heavy atom. The van der Waals surface area contributed by atoms with Crippen molar-refractivity contribution in [3.8, 4) is 5.75 Å². The Morgan fingerprint density at radius 3 is 2.28 bits per heavy atom. The summed E-state index contributed by atoms with van der Waals surface area (Å²) in [6.45, 7) is 11.8. The molecule has 1 aliphatic carbocycles. The van der Waals surface area contributed by atoms with Gasteiger partial charge in [-0.2, -0.15) is 0 Å². The minimum Gasteiger partial charge on any atom is -0.489 e. The molecule has 1 unspecified atom stereocenters. The van der Waals surface area contributed by atoms with Gasteiger partial charge >= 0.3 is 5.97 Å². The summed E-state index contributed by atoms with van der Waals surface area (Å²) in [5.74, 6) is 2.34. The number of rotatable bonds is 10. The van der Waals surface area contributed by atoms with E-state index in [1.165, 1.54) is 12.0 Å². The molecule has 0 spiro atoms. The molecule has 2 aromatic rings. The number of carbonyl (C=O) groups is 1. The normalized spacial score (nSPS) is 16.3. The second-order valence-electron chi connectivity index (χ2n) is 10.2. The third-order valence-electron chi connectivity index (χ3n) is 6.88. The summed E-state index contributed by atoms with van der Waals surface area (Å²) < 4.78 is 11.9. The molecule has 0 aromatic heterocycles. The molecule has 0 heterocycles. The van der Waals surface area contributed by atoms with Crippen LogP contribution in [-0.4, -0.2) is 11.6 Å². The van der Waals surface area contributed by atoms with Crippen molar-refractivity contribution in [2.45, 2.75) is 91.3 Å². The molecule has 0 amide bonds. The average molecular weight is 437 g/mol. The van der Waals surface area contributed by atoms with Crippen LogP contribution in [0.25, 0.3) is 0 Å². The van der Waals surface area contributed by atoms with Crippen molar-refractivity contribution in [1.82, 2.24) is 0 Å². The summed E-state index contributed by atoms with van der Waals surface area (Å²) in [4.78, 5) is 12.7. The van der Waals surface area contributed by atoms with Gasteiger partial charge in [0.05, 0.1) is 5.56 Å². The lowest BCUT2D eigenvalue weighted by Crippen LogP contribution is -2.31. The first-order valence-electron chi connectivity index (χ1n) is 12.4. The molecule has 3 rings (SSSR count). The van der Waals surface area contributed by atoms with E-state index in [0.29, 0.717) is 35.7 Å². The third-order valence-corrected chi connectivity index (χ3v) is 6.88. The Morgan fingerprint density at radius 2 is 1.69 bits per heavy atom. The smallest absolute Gasteiger partial charge is 0.338 e. The Balaban J connectivity index is 1.61. The zero-order chi connectivity index (χ0) is 23.1. The quantitative estimate of drug-likeness (QED) is 0.355. The fourth-order valence-corrected chi connectivity index (χ4v) is 4.84. The summed E-state index contributed by atoms with van der Waals surface area (Å²) >= 11 is 0. The molecule has 1 aliphatic rings. The van der Waals surface area contributed by atoms with Crippen molar-refractivity contribution in [3.05, 3.63) is 65.2 Å². The van der Waals surface area contributed by atoms with E-state index in [9.17, 15) is 4.79 Å². The van der Waals surface area contributed by atoms with Gasteiger partial charge in [-0.1, -0.05) is 65.0 Å². The van der Waals surface area contributed by atoms with E-state index >= 15 is 0 Å². The average Bonchev–Trinajstić information content (AvgIpc) is 3.25. The summed E-state index contributed by atoms with van der Waals surface area (Å²) in [7, 11) is 0. The van der Waals surface area contributed by atoms with Crippen LogP contribution in [-0.2, 0) is 11.3 Å². The van der Waals surface area contributed by atoms with Crippen LogP contribution in [0.4, 0.5) is 0 Å². The van der Waals surface area contributed by atoms with Crippen molar-refractivity contribution in [2.75, 3.05) is 0 Å². The highest BCUT2D eigenvalue weighted by atomic mass is 16.6. The molecule has 32 heavy (non-hydrogen) atoms. The molecule has 0 saturated heterocycles. The van der Waals surface area contributed by atoms with Gasteiger partial charge in [-0.15, -0.1) is 0 Å². The summed E-state index contributed by atoms with van der Waals surface area (Å²) in [6.07, 6.45) is 6.29. The van der Waals surface area contributed by atoms with Crippen LogP contribution in [0.3, 0.4) is 0 Å². The molecule has 1 fully saturated rings. The predicted octanol–water partition coefficient (Wildman–Crippen LogP) is 7.93. The van der Waals surface area contributed by atoms with Gasteiger partial charge in [0, 0.05) is 0 Å². The van der Waals surface area contributed by atoms with E-state index in [1.807, 2.05) is 18.2 Å². The molecule has 1 atom stereocenters. The maximum Gasteiger partial charge on any atom is 0.338 e. The Hall–Kier alpha value is -2.29. The number of carbonyl (C=O) groups excluding carboxylic acids is 1. The van der Waals surface area contributed by atoms with Gasteiger partial charge < -0.3 is 9.47 Å². The van der Waals surface area contributed by atoms with Crippen molar-refractivity contribution >= 4 is 5.97 Å². The van der Waals surface area contributed by atoms with Gasteiger partial charge in [-0.3, -0.25) is 0 Å². The third kappa shape index (κ3) is 6.37. The lowest BCUT2D eigenvalue weighted by molar-refractivity contribution is -0.0172. The lowest BCUT2D eigenvalue weighted by atomic mass is 9.82. The molecule has 3 heteroatoms. The highest BCUT2D eigenvalue weighted by molar-refractivity contribution is 5.90. The fraction of sp³-hybridized carbons (Fsp3) is 0.552.